The largest absolute Gasteiger partial charge is 0.494 e. The Balaban J connectivity index is 1.44. The van der Waals surface area contributed by atoms with E-state index in [2.05, 4.69) is 51.6 Å². The number of benzene rings is 1. The number of likely N-dealkylation sites (N-methyl/N-ethyl adjacent to an activating group) is 1. The number of nitrogens with zero attached hydrogens (tertiary/aromatic N) is 4. The minimum absolute atomic E-state index is 0.688. The molecule has 0 amide bonds. The van der Waals surface area contributed by atoms with E-state index >= 15 is 0 Å². The van der Waals surface area contributed by atoms with Gasteiger partial charge in [0.25, 0.3) is 0 Å². The molecular weight excluding hydrogens is 300 g/mol. The maximum atomic E-state index is 5.91. The first-order chi connectivity index (χ1) is 11.7. The van der Waals surface area contributed by atoms with Crippen LogP contribution in [0.1, 0.15) is 18.4 Å². The minimum Gasteiger partial charge on any atom is -0.494 e. The van der Waals surface area contributed by atoms with Crippen molar-refractivity contribution in [3.63, 3.8) is 0 Å². The quantitative estimate of drug-likeness (QED) is 0.697. The summed E-state index contributed by atoms with van der Waals surface area (Å²) < 4.78 is 7.99. The summed E-state index contributed by atoms with van der Waals surface area (Å²) in [6.07, 6.45) is 7.88. The van der Waals surface area contributed by atoms with Gasteiger partial charge in [0.05, 0.1) is 12.9 Å². The third-order valence-electron chi connectivity index (χ3n) is 4.67. The summed E-state index contributed by atoms with van der Waals surface area (Å²) in [6.45, 7) is 5.02. The lowest BCUT2D eigenvalue weighted by Crippen LogP contribution is -2.31. The Morgan fingerprint density at radius 2 is 2.25 bits per heavy atom. The number of imidazole rings is 1. The van der Waals surface area contributed by atoms with Crippen molar-refractivity contribution in [2.24, 2.45) is 0 Å². The maximum Gasteiger partial charge on any atom is 0.119 e. The molecule has 24 heavy (non-hydrogen) atoms. The van der Waals surface area contributed by atoms with E-state index in [1.165, 1.54) is 18.5 Å². The Morgan fingerprint density at radius 3 is 3.00 bits per heavy atom. The van der Waals surface area contributed by atoms with Crippen molar-refractivity contribution >= 4 is 0 Å². The third-order valence-corrected chi connectivity index (χ3v) is 4.67. The van der Waals surface area contributed by atoms with Crippen LogP contribution in [0.25, 0.3) is 0 Å². The molecule has 1 aliphatic heterocycles. The van der Waals surface area contributed by atoms with Gasteiger partial charge in [0.2, 0.25) is 0 Å². The van der Waals surface area contributed by atoms with Gasteiger partial charge in [0.1, 0.15) is 5.75 Å². The van der Waals surface area contributed by atoms with Crippen molar-refractivity contribution in [3.05, 3.63) is 48.5 Å². The summed E-state index contributed by atoms with van der Waals surface area (Å²) in [6, 6.07) is 9.21. The van der Waals surface area contributed by atoms with Gasteiger partial charge in [0.15, 0.2) is 0 Å². The van der Waals surface area contributed by atoms with Crippen molar-refractivity contribution in [1.82, 2.24) is 19.4 Å². The standard InChI is InChI=1S/C19H28N4O/c1-21(2)18-7-10-23(15-18)14-17-5-3-6-19(13-17)24-12-4-9-22-11-8-20-16-22/h3,5-6,8,11,13,16,18H,4,7,9-10,12,14-15H2,1-2H3/t18-/m1/s1. The molecule has 5 heteroatoms. The Morgan fingerprint density at radius 1 is 1.33 bits per heavy atom. The van der Waals surface area contributed by atoms with E-state index in [0.717, 1.165) is 38.4 Å². The van der Waals surface area contributed by atoms with Gasteiger partial charge in [-0.15, -0.1) is 0 Å². The zero-order valence-corrected chi connectivity index (χ0v) is 14.8. The Kier molecular flexibility index (Phi) is 5.88. The van der Waals surface area contributed by atoms with E-state index in [-0.39, 0.29) is 0 Å². The van der Waals surface area contributed by atoms with E-state index in [4.69, 9.17) is 4.74 Å². The average molecular weight is 328 g/mol. The van der Waals surface area contributed by atoms with Crippen LogP contribution in [0.15, 0.2) is 43.0 Å². The van der Waals surface area contributed by atoms with E-state index in [1.54, 1.807) is 0 Å². The van der Waals surface area contributed by atoms with Gasteiger partial charge in [-0.3, -0.25) is 4.90 Å². The highest BCUT2D eigenvalue weighted by Crippen LogP contribution is 2.19. The first-order valence-corrected chi connectivity index (χ1v) is 8.77. The summed E-state index contributed by atoms with van der Waals surface area (Å²) in [4.78, 5) is 8.91. The molecule has 0 radical (unpaired) electrons. The fourth-order valence-electron chi connectivity index (χ4n) is 3.23. The van der Waals surface area contributed by atoms with Crippen molar-refractivity contribution in [2.75, 3.05) is 33.8 Å². The van der Waals surface area contributed by atoms with Crippen LogP contribution >= 0.6 is 0 Å². The third kappa shape index (κ3) is 4.82. The minimum atomic E-state index is 0.688. The van der Waals surface area contributed by atoms with E-state index in [0.29, 0.717) is 6.04 Å². The number of aromatic nitrogens is 2. The molecule has 130 valence electrons. The van der Waals surface area contributed by atoms with Crippen molar-refractivity contribution in [3.8, 4) is 5.75 Å². The molecule has 2 aromatic rings. The Labute approximate surface area is 144 Å². The second kappa shape index (κ2) is 8.31. The van der Waals surface area contributed by atoms with E-state index in [9.17, 15) is 0 Å². The van der Waals surface area contributed by atoms with Crippen molar-refractivity contribution in [1.29, 1.82) is 0 Å². The zero-order valence-electron chi connectivity index (χ0n) is 14.8. The van der Waals surface area contributed by atoms with Gasteiger partial charge in [-0.05, 0) is 44.6 Å². The molecule has 1 aromatic heterocycles. The molecule has 0 aliphatic carbocycles. The monoisotopic (exact) mass is 328 g/mol. The van der Waals surface area contributed by atoms with Gasteiger partial charge >= 0.3 is 0 Å². The molecule has 2 heterocycles. The number of rotatable bonds is 8. The lowest BCUT2D eigenvalue weighted by molar-refractivity contribution is 0.264. The molecule has 3 rings (SSSR count). The molecule has 1 saturated heterocycles. The van der Waals surface area contributed by atoms with Crippen LogP contribution in [0.5, 0.6) is 5.75 Å². The van der Waals surface area contributed by atoms with Gasteiger partial charge < -0.3 is 14.2 Å². The van der Waals surface area contributed by atoms with E-state index in [1.807, 2.05) is 24.8 Å². The molecule has 5 nitrogen and oxygen atoms in total. The fourth-order valence-corrected chi connectivity index (χ4v) is 3.23. The lowest BCUT2D eigenvalue weighted by Gasteiger charge is -2.20. The zero-order chi connectivity index (χ0) is 16.8. The number of hydrogen-bond donors (Lipinski definition) is 0. The molecule has 0 unspecified atom stereocenters. The van der Waals surface area contributed by atoms with Crippen LogP contribution in [0.2, 0.25) is 0 Å². The fraction of sp³-hybridized carbons (Fsp3) is 0.526. The molecule has 1 fully saturated rings. The summed E-state index contributed by atoms with van der Waals surface area (Å²) in [7, 11) is 4.35. The van der Waals surface area contributed by atoms with Crippen LogP contribution in [-0.4, -0.2) is 59.2 Å². The summed E-state index contributed by atoms with van der Waals surface area (Å²) in [5, 5.41) is 0. The van der Waals surface area contributed by atoms with Gasteiger partial charge in [-0.25, -0.2) is 4.98 Å². The average Bonchev–Trinajstić information content (AvgIpc) is 3.24. The predicted molar refractivity (Wildman–Crippen MR) is 96.2 cm³/mol. The second-order valence-electron chi connectivity index (χ2n) is 6.79. The first kappa shape index (κ1) is 17.0. The van der Waals surface area contributed by atoms with Crippen LogP contribution in [0, 0.1) is 0 Å². The molecule has 0 N–H and O–H groups in total. The summed E-state index contributed by atoms with van der Waals surface area (Å²) in [5.74, 6) is 0.974. The summed E-state index contributed by atoms with van der Waals surface area (Å²) in [5.41, 5.74) is 1.33. The SMILES string of the molecule is CN(C)[C@@H]1CCN(Cc2cccc(OCCCn3ccnc3)c2)C1. The molecule has 0 spiro atoms. The Hall–Kier alpha value is -1.85. The topological polar surface area (TPSA) is 33.5 Å². The molecule has 0 saturated carbocycles. The lowest BCUT2D eigenvalue weighted by atomic mass is 10.2. The first-order valence-electron chi connectivity index (χ1n) is 8.77. The molecule has 1 atom stereocenters. The van der Waals surface area contributed by atoms with Crippen LogP contribution in [0.3, 0.4) is 0 Å². The normalized spacial score (nSPS) is 18.4. The summed E-state index contributed by atoms with van der Waals surface area (Å²) >= 11 is 0. The number of likely N-dealkylation sites (tertiary alicyclic amines) is 1. The van der Waals surface area contributed by atoms with E-state index < -0.39 is 0 Å². The van der Waals surface area contributed by atoms with Gasteiger partial charge in [-0.1, -0.05) is 12.1 Å². The maximum absolute atomic E-state index is 5.91. The second-order valence-corrected chi connectivity index (χ2v) is 6.79. The number of hydrogen-bond acceptors (Lipinski definition) is 4. The van der Waals surface area contributed by atoms with Gasteiger partial charge in [-0.2, -0.15) is 0 Å². The smallest absolute Gasteiger partial charge is 0.119 e. The highest BCUT2D eigenvalue weighted by Gasteiger charge is 2.23. The van der Waals surface area contributed by atoms with Crippen molar-refractivity contribution in [2.45, 2.75) is 32.0 Å². The molecule has 1 aromatic carbocycles. The number of aryl methyl sites for hydroxylation is 1. The highest BCUT2D eigenvalue weighted by molar-refractivity contribution is 5.28. The predicted octanol–water partition coefficient (Wildman–Crippen LogP) is 2.49. The molecule has 0 bridgehead atoms. The van der Waals surface area contributed by atoms with Crippen LogP contribution in [0.4, 0.5) is 0 Å². The van der Waals surface area contributed by atoms with Crippen LogP contribution < -0.4 is 4.74 Å². The molecular formula is C19H28N4O. The van der Waals surface area contributed by atoms with Crippen LogP contribution in [-0.2, 0) is 13.1 Å². The highest BCUT2D eigenvalue weighted by atomic mass is 16.5. The number of ether oxygens (including phenoxy) is 1. The molecule has 1 aliphatic rings. The van der Waals surface area contributed by atoms with Crippen molar-refractivity contribution < 1.29 is 4.74 Å². The Bertz CT molecular complexity index is 612. The van der Waals surface area contributed by atoms with Gasteiger partial charge in [0, 0.05) is 44.6 Å².